The zero-order valence-electron chi connectivity index (χ0n) is 12.5. The highest BCUT2D eigenvalue weighted by Crippen LogP contribution is 2.14. The summed E-state index contributed by atoms with van der Waals surface area (Å²) < 4.78 is 23.6. The van der Waals surface area contributed by atoms with Gasteiger partial charge in [-0.05, 0) is 37.7 Å². The van der Waals surface area contributed by atoms with E-state index in [0.717, 1.165) is 10.2 Å². The van der Waals surface area contributed by atoms with Crippen LogP contribution in [0.2, 0.25) is 0 Å². The number of sulfone groups is 1. The van der Waals surface area contributed by atoms with Crippen LogP contribution in [0.15, 0.2) is 28.7 Å². The van der Waals surface area contributed by atoms with Crippen molar-refractivity contribution >= 4 is 37.4 Å². The van der Waals surface area contributed by atoms with Crippen molar-refractivity contribution in [3.05, 3.63) is 28.7 Å². The lowest BCUT2D eigenvalue weighted by Crippen LogP contribution is -2.42. The molecule has 1 aromatic carbocycles. The third kappa shape index (κ3) is 7.06. The van der Waals surface area contributed by atoms with E-state index in [2.05, 4.69) is 21.2 Å². The van der Waals surface area contributed by atoms with Crippen LogP contribution in [0, 0.1) is 0 Å². The molecule has 0 aliphatic heterocycles. The molecule has 1 aromatic rings. The molecule has 0 aromatic heterocycles. The van der Waals surface area contributed by atoms with Gasteiger partial charge in [-0.3, -0.25) is 9.69 Å². The molecule has 7 heteroatoms. The topological polar surface area (TPSA) is 66.5 Å². The standard InChI is InChI=1S/C14H21BrN2O3S/c1-4-17(11(2)10-21(3,19)20)9-14(18)16-13-7-5-12(15)6-8-13/h5-8,11H,4,9-10H2,1-3H3,(H,16,18). The summed E-state index contributed by atoms with van der Waals surface area (Å²) in [6, 6.07) is 7.11. The van der Waals surface area contributed by atoms with Crippen molar-refractivity contribution < 1.29 is 13.2 Å². The number of rotatable bonds is 7. The Balaban J connectivity index is 2.60. The van der Waals surface area contributed by atoms with E-state index >= 15 is 0 Å². The first-order valence-corrected chi connectivity index (χ1v) is 9.54. The maximum absolute atomic E-state index is 12.0. The van der Waals surface area contributed by atoms with Gasteiger partial charge in [-0.15, -0.1) is 0 Å². The van der Waals surface area contributed by atoms with Crippen molar-refractivity contribution in [3.63, 3.8) is 0 Å². The van der Waals surface area contributed by atoms with Crippen LogP contribution in [0.1, 0.15) is 13.8 Å². The molecule has 5 nitrogen and oxygen atoms in total. The number of halogens is 1. The van der Waals surface area contributed by atoms with Gasteiger partial charge in [0.05, 0.1) is 12.3 Å². The number of hydrogen-bond donors (Lipinski definition) is 1. The summed E-state index contributed by atoms with van der Waals surface area (Å²) in [4.78, 5) is 13.9. The maximum atomic E-state index is 12.0. The first-order valence-electron chi connectivity index (χ1n) is 6.68. The molecular weight excluding hydrogens is 356 g/mol. The molecule has 0 fully saturated rings. The van der Waals surface area contributed by atoms with Crippen LogP contribution in [-0.4, -0.2) is 50.4 Å². The van der Waals surface area contributed by atoms with Gasteiger partial charge >= 0.3 is 0 Å². The van der Waals surface area contributed by atoms with Gasteiger partial charge in [0.25, 0.3) is 0 Å². The normalized spacial score (nSPS) is 13.2. The van der Waals surface area contributed by atoms with Crippen LogP contribution < -0.4 is 5.32 Å². The SMILES string of the molecule is CCN(CC(=O)Nc1ccc(Br)cc1)C(C)CS(C)(=O)=O. The Morgan fingerprint density at radius 3 is 2.38 bits per heavy atom. The second-order valence-electron chi connectivity index (χ2n) is 5.06. The second kappa shape index (κ2) is 7.91. The molecule has 21 heavy (non-hydrogen) atoms. The van der Waals surface area contributed by atoms with Crippen molar-refractivity contribution in [2.24, 2.45) is 0 Å². The molecule has 1 rings (SSSR count). The number of amides is 1. The number of anilines is 1. The van der Waals surface area contributed by atoms with E-state index in [1.54, 1.807) is 12.1 Å². The highest BCUT2D eigenvalue weighted by atomic mass is 79.9. The summed E-state index contributed by atoms with van der Waals surface area (Å²) >= 11 is 3.33. The number of nitrogens with zero attached hydrogens (tertiary/aromatic N) is 1. The third-order valence-corrected chi connectivity index (χ3v) is 4.66. The molecule has 118 valence electrons. The lowest BCUT2D eigenvalue weighted by atomic mass is 10.3. The minimum Gasteiger partial charge on any atom is -0.325 e. The minimum absolute atomic E-state index is 0.0480. The minimum atomic E-state index is -3.06. The molecule has 0 aliphatic rings. The molecule has 0 saturated carbocycles. The lowest BCUT2D eigenvalue weighted by Gasteiger charge is -2.26. The first kappa shape index (κ1) is 18.1. The highest BCUT2D eigenvalue weighted by Gasteiger charge is 2.19. The van der Waals surface area contributed by atoms with Crippen LogP contribution >= 0.6 is 15.9 Å². The van der Waals surface area contributed by atoms with Gasteiger partial charge in [0.15, 0.2) is 0 Å². The Morgan fingerprint density at radius 1 is 1.33 bits per heavy atom. The van der Waals surface area contributed by atoms with E-state index in [9.17, 15) is 13.2 Å². The van der Waals surface area contributed by atoms with Crippen LogP contribution in [-0.2, 0) is 14.6 Å². The van der Waals surface area contributed by atoms with Crippen molar-refractivity contribution in [1.29, 1.82) is 0 Å². The Bertz CT molecular complexity index is 572. The largest absolute Gasteiger partial charge is 0.325 e. The Kier molecular flexibility index (Phi) is 6.83. The van der Waals surface area contributed by atoms with Gasteiger partial charge in [-0.2, -0.15) is 0 Å². The van der Waals surface area contributed by atoms with Gasteiger partial charge in [0.1, 0.15) is 9.84 Å². The van der Waals surface area contributed by atoms with Gasteiger partial charge in [-0.25, -0.2) is 8.42 Å². The fourth-order valence-corrected chi connectivity index (χ4v) is 3.39. The molecule has 1 atom stereocenters. The third-order valence-electron chi connectivity index (χ3n) is 3.05. The molecule has 1 unspecified atom stereocenters. The summed E-state index contributed by atoms with van der Waals surface area (Å²) in [5, 5.41) is 2.80. The number of carbonyl (C=O) groups excluding carboxylic acids is 1. The van der Waals surface area contributed by atoms with Crippen molar-refractivity contribution in [3.8, 4) is 0 Å². The molecular formula is C14H21BrN2O3S. The van der Waals surface area contributed by atoms with Crippen molar-refractivity contribution in [2.75, 3.05) is 30.4 Å². The van der Waals surface area contributed by atoms with Gasteiger partial charge in [0, 0.05) is 22.5 Å². The van der Waals surface area contributed by atoms with Crippen LogP contribution in [0.5, 0.6) is 0 Å². The van der Waals surface area contributed by atoms with E-state index in [1.807, 2.05) is 30.9 Å². The number of hydrogen-bond acceptors (Lipinski definition) is 4. The molecule has 0 bridgehead atoms. The average Bonchev–Trinajstić information content (AvgIpc) is 2.36. The van der Waals surface area contributed by atoms with Crippen molar-refractivity contribution in [1.82, 2.24) is 4.90 Å². The molecule has 0 radical (unpaired) electrons. The average molecular weight is 377 g/mol. The summed E-state index contributed by atoms with van der Waals surface area (Å²) in [7, 11) is -3.06. The van der Waals surface area contributed by atoms with E-state index in [-0.39, 0.29) is 24.2 Å². The lowest BCUT2D eigenvalue weighted by molar-refractivity contribution is -0.117. The summed E-state index contributed by atoms with van der Waals surface area (Å²) in [5.74, 6) is -0.105. The molecule has 0 spiro atoms. The predicted molar refractivity (Wildman–Crippen MR) is 89.2 cm³/mol. The van der Waals surface area contributed by atoms with Gasteiger partial charge in [0.2, 0.25) is 5.91 Å². The van der Waals surface area contributed by atoms with E-state index in [4.69, 9.17) is 0 Å². The molecule has 0 aliphatic carbocycles. The Labute approximate surface area is 134 Å². The van der Waals surface area contributed by atoms with E-state index in [1.165, 1.54) is 6.26 Å². The zero-order chi connectivity index (χ0) is 16.0. The van der Waals surface area contributed by atoms with Crippen LogP contribution in [0.25, 0.3) is 0 Å². The van der Waals surface area contributed by atoms with Gasteiger partial charge in [-0.1, -0.05) is 22.9 Å². The molecule has 1 amide bonds. The monoisotopic (exact) mass is 376 g/mol. The second-order valence-corrected chi connectivity index (χ2v) is 8.16. The quantitative estimate of drug-likeness (QED) is 0.791. The van der Waals surface area contributed by atoms with Gasteiger partial charge < -0.3 is 5.32 Å². The first-order chi connectivity index (χ1) is 9.71. The van der Waals surface area contributed by atoms with E-state index in [0.29, 0.717) is 6.54 Å². The Hall–Kier alpha value is -0.920. The van der Waals surface area contributed by atoms with Crippen LogP contribution in [0.3, 0.4) is 0 Å². The molecule has 0 saturated heterocycles. The molecule has 0 heterocycles. The van der Waals surface area contributed by atoms with E-state index < -0.39 is 9.84 Å². The van der Waals surface area contributed by atoms with Crippen LogP contribution in [0.4, 0.5) is 5.69 Å². The smallest absolute Gasteiger partial charge is 0.238 e. The summed E-state index contributed by atoms with van der Waals surface area (Å²) in [6.45, 7) is 4.51. The fraction of sp³-hybridized carbons (Fsp3) is 0.500. The number of carbonyl (C=O) groups is 1. The predicted octanol–water partition coefficient (Wildman–Crippen LogP) is 2.14. The highest BCUT2D eigenvalue weighted by molar-refractivity contribution is 9.10. The fourth-order valence-electron chi connectivity index (χ4n) is 2.04. The Morgan fingerprint density at radius 2 is 1.90 bits per heavy atom. The maximum Gasteiger partial charge on any atom is 0.238 e. The van der Waals surface area contributed by atoms with Crippen molar-refractivity contribution in [2.45, 2.75) is 19.9 Å². The number of benzene rings is 1. The molecule has 1 N–H and O–H groups in total. The summed E-state index contributed by atoms with van der Waals surface area (Å²) in [5.41, 5.74) is 0.718. The number of nitrogens with one attached hydrogen (secondary N) is 1. The number of likely N-dealkylation sites (N-methyl/N-ethyl adjacent to an activating group) is 1. The zero-order valence-corrected chi connectivity index (χ0v) is 14.9. The summed E-state index contributed by atoms with van der Waals surface area (Å²) in [6.07, 6.45) is 1.21.